The summed E-state index contributed by atoms with van der Waals surface area (Å²) >= 11 is 0. The van der Waals surface area contributed by atoms with Crippen molar-refractivity contribution in [3.05, 3.63) is 169 Å². The molecule has 11 aromatic rings. The van der Waals surface area contributed by atoms with Gasteiger partial charge in [-0.3, -0.25) is 9.38 Å². The number of phenolic OH excluding ortho intramolecular Hbond substituents is 1. The monoisotopic (exact) mass is 999 g/mol. The fourth-order valence-electron chi connectivity index (χ4n) is 11.3. The van der Waals surface area contributed by atoms with Crippen LogP contribution < -0.4 is 37.5 Å². The van der Waals surface area contributed by atoms with Gasteiger partial charge in [-0.2, -0.15) is 0 Å². The predicted molar refractivity (Wildman–Crippen MR) is 261 cm³/mol. The van der Waals surface area contributed by atoms with E-state index in [9.17, 15) is 5.11 Å². The predicted octanol–water partition coefficient (Wildman–Crippen LogP) is 8.91. The van der Waals surface area contributed by atoms with Crippen molar-refractivity contribution in [2.45, 2.75) is 26.2 Å². The van der Waals surface area contributed by atoms with Crippen LogP contribution in [0, 0.1) is 6.07 Å². The van der Waals surface area contributed by atoms with Gasteiger partial charge in [0.25, 0.3) is 0 Å². The molecule has 1 N–H and O–H groups in total. The zero-order chi connectivity index (χ0) is 41.9. The zero-order valence-electron chi connectivity index (χ0n) is 35.2. The molecule has 8 aromatic carbocycles. The quantitative estimate of drug-likeness (QED) is 0.109. The summed E-state index contributed by atoms with van der Waals surface area (Å²) in [6, 6.07) is 57.9. The second kappa shape index (κ2) is 13.3. The van der Waals surface area contributed by atoms with Crippen LogP contribution in [0.15, 0.2) is 158 Å². The number of hydrogen-bond donors (Lipinski definition) is 1. The fraction of sp³-hybridized carbons (Fsp3) is 0.0714. The summed E-state index contributed by atoms with van der Waals surface area (Å²) in [7, 11) is 0. The third kappa shape index (κ3) is 4.96. The van der Waals surface area contributed by atoms with E-state index in [1.165, 1.54) is 38.2 Å². The topological polar surface area (TPSA) is 59.7 Å². The average molecular weight is 1000 g/mol. The number of fused-ring (bicyclic) bond motifs is 11. The van der Waals surface area contributed by atoms with E-state index in [1.807, 2.05) is 24.4 Å². The first-order chi connectivity index (χ1) is 30.8. The number of pyridine rings is 2. The largest absolute Gasteiger partial charge is 0.504 e. The normalized spacial score (nSPS) is 13.2. The van der Waals surface area contributed by atoms with Crippen LogP contribution in [0.25, 0.3) is 82.6 Å². The standard InChI is InChI=1S/C56H36B2N3O2.Pt/c1-56(2,3)36-28-34(27-35(29-36)42-30-33(25-26-59-42)31-13-5-4-6-14-31)37-16-12-21-44-52(37)60-55-49-48-47-43(61(44)55)24-23-32-15-11-20-41(46(32)47)58-39-18-8-7-17-38(39)57-40-19-9-10-22-45(40)63-54(53(49)62)51(57)50(48)58;/h4-26,28-30,62H,1-3H3;/q-1;. The van der Waals surface area contributed by atoms with Crippen molar-refractivity contribution >= 4 is 95.3 Å². The van der Waals surface area contributed by atoms with Crippen LogP contribution in [-0.4, -0.2) is 32.9 Å². The number of aromatic nitrogens is 3. The van der Waals surface area contributed by atoms with Crippen molar-refractivity contribution in [2.75, 3.05) is 0 Å². The second-order valence-corrected chi connectivity index (χ2v) is 18.5. The van der Waals surface area contributed by atoms with Gasteiger partial charge in [0, 0.05) is 38.3 Å². The molecule has 3 aromatic heterocycles. The van der Waals surface area contributed by atoms with Gasteiger partial charge in [-0.1, -0.05) is 169 Å². The summed E-state index contributed by atoms with van der Waals surface area (Å²) < 4.78 is 9.16. The van der Waals surface area contributed by atoms with Gasteiger partial charge in [0.2, 0.25) is 13.4 Å². The Balaban J connectivity index is 0.00000413. The molecule has 3 aliphatic heterocycles. The molecule has 0 atom stereocenters. The molecule has 0 amide bonds. The van der Waals surface area contributed by atoms with Crippen molar-refractivity contribution < 1.29 is 30.9 Å². The second-order valence-electron chi connectivity index (χ2n) is 18.5. The molecule has 8 heteroatoms. The maximum Gasteiger partial charge on any atom is 0.249 e. The first-order valence-electron chi connectivity index (χ1n) is 21.8. The Bertz CT molecular complexity index is 3860. The van der Waals surface area contributed by atoms with Gasteiger partial charge in [0.1, 0.15) is 11.4 Å². The van der Waals surface area contributed by atoms with Gasteiger partial charge in [0.05, 0.1) is 21.9 Å². The molecule has 0 spiro atoms. The zero-order valence-corrected chi connectivity index (χ0v) is 37.5. The van der Waals surface area contributed by atoms with Crippen LogP contribution in [0.5, 0.6) is 17.2 Å². The van der Waals surface area contributed by atoms with Crippen LogP contribution >= 0.6 is 0 Å². The average Bonchev–Trinajstić information content (AvgIpc) is 3.72. The van der Waals surface area contributed by atoms with Crippen LogP contribution in [0.3, 0.4) is 0 Å². The molecule has 14 rings (SSSR count). The third-order valence-electron chi connectivity index (χ3n) is 14.1. The maximum absolute atomic E-state index is 13.0. The van der Waals surface area contributed by atoms with E-state index in [0.29, 0.717) is 11.4 Å². The van der Waals surface area contributed by atoms with Crippen molar-refractivity contribution in [1.82, 2.24) is 14.4 Å². The number of ether oxygens (including phenoxy) is 1. The van der Waals surface area contributed by atoms with Crippen LogP contribution in [-0.2, 0) is 26.5 Å². The number of phenols is 1. The van der Waals surface area contributed by atoms with E-state index in [-0.39, 0.29) is 45.7 Å². The SMILES string of the molecule is CC(C)(C)c1cc(-c2cc(-c3ccccc3)ccn2)[c-]c(-c2cccc3c2nc2c4c(O)c5c6c7c4c4c8c(cccc8ccc4n32)B7c2ccccc2B6c2ccccc2O5)c1.[Pt]. The van der Waals surface area contributed by atoms with E-state index in [4.69, 9.17) is 14.7 Å². The molecule has 6 heterocycles. The Morgan fingerprint density at radius 2 is 1.33 bits per heavy atom. The molecule has 0 unspecified atom stereocenters. The van der Waals surface area contributed by atoms with Crippen LogP contribution in [0.4, 0.5) is 0 Å². The van der Waals surface area contributed by atoms with Crippen LogP contribution in [0.1, 0.15) is 26.3 Å². The van der Waals surface area contributed by atoms with Gasteiger partial charge >= 0.3 is 0 Å². The molecular weight excluding hydrogens is 963 g/mol. The minimum Gasteiger partial charge on any atom is -0.504 e. The van der Waals surface area contributed by atoms with E-state index in [2.05, 4.69) is 165 Å². The first kappa shape index (κ1) is 37.6. The number of hydrogen-bond acceptors (Lipinski definition) is 4. The van der Waals surface area contributed by atoms with Gasteiger partial charge in [-0.15, -0.1) is 29.3 Å². The summed E-state index contributed by atoms with van der Waals surface area (Å²) in [5, 5.41) is 18.3. The van der Waals surface area contributed by atoms with Gasteiger partial charge in [-0.25, -0.2) is 4.98 Å². The Morgan fingerprint density at radius 3 is 2.14 bits per heavy atom. The molecule has 5 nitrogen and oxygen atoms in total. The number of imidazole rings is 1. The molecule has 0 fully saturated rings. The van der Waals surface area contributed by atoms with Crippen molar-refractivity contribution in [2.24, 2.45) is 0 Å². The van der Waals surface area contributed by atoms with E-state index in [1.54, 1.807) is 0 Å². The molecule has 304 valence electrons. The Hall–Kier alpha value is -6.94. The van der Waals surface area contributed by atoms with E-state index >= 15 is 0 Å². The summed E-state index contributed by atoms with van der Waals surface area (Å²) in [5.41, 5.74) is 17.8. The Kier molecular flexibility index (Phi) is 7.81. The summed E-state index contributed by atoms with van der Waals surface area (Å²) in [6.07, 6.45) is 1.89. The summed E-state index contributed by atoms with van der Waals surface area (Å²) in [5.74, 6) is 1.43. The van der Waals surface area contributed by atoms with Gasteiger partial charge in [0.15, 0.2) is 11.5 Å². The fourth-order valence-corrected chi connectivity index (χ4v) is 11.3. The van der Waals surface area contributed by atoms with Gasteiger partial charge < -0.3 is 9.84 Å². The molecule has 0 radical (unpaired) electrons. The number of rotatable bonds is 3. The van der Waals surface area contributed by atoms with E-state index in [0.717, 1.165) is 82.9 Å². The molecule has 0 saturated heterocycles. The molecule has 64 heavy (non-hydrogen) atoms. The minimum atomic E-state index is -0.152. The van der Waals surface area contributed by atoms with E-state index < -0.39 is 0 Å². The smallest absolute Gasteiger partial charge is 0.249 e. The summed E-state index contributed by atoms with van der Waals surface area (Å²) in [4.78, 5) is 10.5. The first-order valence-corrected chi connectivity index (χ1v) is 21.8. The van der Waals surface area contributed by atoms with Gasteiger partial charge in [-0.05, 0) is 67.9 Å². The van der Waals surface area contributed by atoms with Crippen LogP contribution in [0.2, 0.25) is 0 Å². The minimum absolute atomic E-state index is 0. The molecule has 3 aliphatic rings. The van der Waals surface area contributed by atoms with Crippen molar-refractivity contribution in [3.63, 3.8) is 0 Å². The molecule has 0 bridgehead atoms. The maximum atomic E-state index is 13.0. The third-order valence-corrected chi connectivity index (χ3v) is 14.1. The number of nitrogens with zero attached hydrogens (tertiary/aromatic N) is 3. The Morgan fingerprint density at radius 1 is 0.609 bits per heavy atom. The van der Waals surface area contributed by atoms with Crippen molar-refractivity contribution in [1.29, 1.82) is 0 Å². The molecule has 0 aliphatic carbocycles. The van der Waals surface area contributed by atoms with Crippen molar-refractivity contribution in [3.8, 4) is 50.8 Å². The number of aromatic hydroxyl groups is 1. The molecule has 0 saturated carbocycles. The molecular formula is C56H36B2N3O2Pt-. The number of benzene rings is 8. The Labute approximate surface area is 384 Å². The number of para-hydroxylation sites is 2. The summed E-state index contributed by atoms with van der Waals surface area (Å²) in [6.45, 7) is 6.61.